The minimum absolute atomic E-state index is 0.0544. The van der Waals surface area contributed by atoms with E-state index in [-0.39, 0.29) is 11.4 Å². The Hall–Kier alpha value is -0.550. The molecule has 10 heteroatoms. The highest BCUT2D eigenvalue weighted by Crippen LogP contribution is 2.13. The van der Waals surface area contributed by atoms with E-state index in [0.717, 1.165) is 6.20 Å². The molecule has 0 aliphatic rings. The van der Waals surface area contributed by atoms with E-state index in [1.54, 1.807) is 0 Å². The van der Waals surface area contributed by atoms with E-state index in [1.165, 1.54) is 12.3 Å². The molecule has 1 aromatic heterocycles. The van der Waals surface area contributed by atoms with Gasteiger partial charge in [-0.2, -0.15) is 0 Å². The van der Waals surface area contributed by atoms with Crippen LogP contribution in [0.3, 0.4) is 0 Å². The van der Waals surface area contributed by atoms with E-state index < -0.39 is 25.8 Å². The number of nitrogens with zero attached hydrogens (tertiary/aromatic N) is 1. The first-order valence-corrected chi connectivity index (χ1v) is 8.30. The van der Waals surface area contributed by atoms with Crippen LogP contribution < -0.4 is 9.86 Å². The molecular formula is C7H10BrN3O4S2. The molecule has 0 atom stereocenters. The normalized spacial score (nSPS) is 12.6. The van der Waals surface area contributed by atoms with Crippen molar-refractivity contribution in [3.05, 3.63) is 22.9 Å². The third-order valence-electron chi connectivity index (χ3n) is 1.67. The highest BCUT2D eigenvalue weighted by Gasteiger charge is 2.15. The van der Waals surface area contributed by atoms with Crippen molar-refractivity contribution >= 4 is 36.0 Å². The second kappa shape index (κ2) is 5.40. The van der Waals surface area contributed by atoms with E-state index in [0.29, 0.717) is 4.47 Å². The van der Waals surface area contributed by atoms with Gasteiger partial charge >= 0.3 is 0 Å². The van der Waals surface area contributed by atoms with Gasteiger partial charge in [-0.1, -0.05) is 0 Å². The van der Waals surface area contributed by atoms with Crippen molar-refractivity contribution in [2.45, 2.75) is 4.90 Å². The lowest BCUT2D eigenvalue weighted by atomic mass is 10.5. The topological polar surface area (TPSA) is 119 Å². The van der Waals surface area contributed by atoms with Crippen LogP contribution in [0.2, 0.25) is 0 Å². The molecule has 96 valence electrons. The fourth-order valence-corrected chi connectivity index (χ4v) is 2.99. The minimum Gasteiger partial charge on any atom is -0.262 e. The molecule has 1 heterocycles. The maximum atomic E-state index is 11.7. The van der Waals surface area contributed by atoms with Crippen molar-refractivity contribution < 1.29 is 16.8 Å². The predicted octanol–water partition coefficient (Wildman–Crippen LogP) is -0.589. The average Bonchev–Trinajstić information content (AvgIpc) is 2.15. The summed E-state index contributed by atoms with van der Waals surface area (Å²) in [5.74, 6) is -0.465. The number of nitrogens with one attached hydrogen (secondary N) is 1. The molecule has 0 saturated carbocycles. The lowest BCUT2D eigenvalue weighted by Crippen LogP contribution is -2.31. The SMILES string of the molecule is NS(=O)(=O)CCNS(=O)(=O)c1cncc(Br)c1. The predicted molar refractivity (Wildman–Crippen MR) is 65.1 cm³/mol. The molecule has 0 saturated heterocycles. The number of sulfonamides is 2. The molecule has 0 fully saturated rings. The lowest BCUT2D eigenvalue weighted by Gasteiger charge is -2.05. The van der Waals surface area contributed by atoms with Crippen molar-refractivity contribution in [3.63, 3.8) is 0 Å². The van der Waals surface area contributed by atoms with Gasteiger partial charge < -0.3 is 0 Å². The average molecular weight is 344 g/mol. The zero-order chi connectivity index (χ0) is 13.1. The van der Waals surface area contributed by atoms with E-state index in [4.69, 9.17) is 5.14 Å². The highest BCUT2D eigenvalue weighted by atomic mass is 79.9. The Morgan fingerprint density at radius 3 is 2.47 bits per heavy atom. The third kappa shape index (κ3) is 5.08. The molecule has 7 nitrogen and oxygen atoms in total. The number of nitrogens with two attached hydrogens (primary N) is 1. The van der Waals surface area contributed by atoms with Crippen LogP contribution >= 0.6 is 15.9 Å². The smallest absolute Gasteiger partial charge is 0.242 e. The number of rotatable bonds is 5. The van der Waals surface area contributed by atoms with E-state index in [9.17, 15) is 16.8 Å². The molecular weight excluding hydrogens is 334 g/mol. The molecule has 1 aromatic rings. The first-order valence-electron chi connectivity index (χ1n) is 4.31. The lowest BCUT2D eigenvalue weighted by molar-refractivity contribution is 0.581. The van der Waals surface area contributed by atoms with Gasteiger partial charge in [-0.15, -0.1) is 0 Å². The Morgan fingerprint density at radius 2 is 1.94 bits per heavy atom. The third-order valence-corrected chi connectivity index (χ3v) is 4.30. The maximum Gasteiger partial charge on any atom is 0.242 e. The van der Waals surface area contributed by atoms with Crippen LogP contribution in [0.5, 0.6) is 0 Å². The first kappa shape index (κ1) is 14.5. The quantitative estimate of drug-likeness (QED) is 0.740. The van der Waals surface area contributed by atoms with Crippen molar-refractivity contribution in [1.82, 2.24) is 9.71 Å². The molecule has 0 aliphatic heterocycles. The molecule has 0 unspecified atom stereocenters. The van der Waals surface area contributed by atoms with Gasteiger partial charge in [0.25, 0.3) is 0 Å². The van der Waals surface area contributed by atoms with Gasteiger partial charge in [-0.25, -0.2) is 26.7 Å². The van der Waals surface area contributed by atoms with Gasteiger partial charge in [0.15, 0.2) is 0 Å². The fourth-order valence-electron chi connectivity index (χ4n) is 0.941. The number of primary sulfonamides is 1. The largest absolute Gasteiger partial charge is 0.262 e. The number of halogens is 1. The molecule has 0 aliphatic carbocycles. The molecule has 3 N–H and O–H groups in total. The van der Waals surface area contributed by atoms with Gasteiger partial charge in [0.2, 0.25) is 20.0 Å². The number of aromatic nitrogens is 1. The highest BCUT2D eigenvalue weighted by molar-refractivity contribution is 9.10. The number of hydrogen-bond acceptors (Lipinski definition) is 5. The second-order valence-corrected chi connectivity index (χ2v) is 7.52. The Balaban J connectivity index is 2.77. The van der Waals surface area contributed by atoms with Crippen LogP contribution in [0.15, 0.2) is 27.8 Å². The van der Waals surface area contributed by atoms with Crippen LogP contribution in [0.1, 0.15) is 0 Å². The molecule has 0 bridgehead atoms. The summed E-state index contributed by atoms with van der Waals surface area (Å²) in [5.41, 5.74) is 0. The Bertz CT molecular complexity index is 599. The molecule has 0 radical (unpaired) electrons. The zero-order valence-electron chi connectivity index (χ0n) is 8.50. The first-order chi connectivity index (χ1) is 7.71. The van der Waals surface area contributed by atoms with Crippen LogP contribution in [0.25, 0.3) is 0 Å². The summed E-state index contributed by atoms with van der Waals surface area (Å²) in [6, 6.07) is 1.35. The second-order valence-electron chi connectivity index (χ2n) is 3.10. The summed E-state index contributed by atoms with van der Waals surface area (Å²) in [6.45, 7) is -0.284. The zero-order valence-corrected chi connectivity index (χ0v) is 11.7. The van der Waals surface area contributed by atoms with E-state index in [2.05, 4.69) is 25.6 Å². The summed E-state index contributed by atoms with van der Waals surface area (Å²) in [6.07, 6.45) is 2.59. The molecule has 1 rings (SSSR count). The monoisotopic (exact) mass is 343 g/mol. The van der Waals surface area contributed by atoms with Crippen molar-refractivity contribution in [2.24, 2.45) is 5.14 Å². The molecule has 17 heavy (non-hydrogen) atoms. The van der Waals surface area contributed by atoms with Crippen molar-refractivity contribution in [2.75, 3.05) is 12.3 Å². The summed E-state index contributed by atoms with van der Waals surface area (Å²) >= 11 is 3.08. The fraction of sp³-hybridized carbons (Fsp3) is 0.286. The number of hydrogen-bond donors (Lipinski definition) is 2. The van der Waals surface area contributed by atoms with Crippen LogP contribution in [0, 0.1) is 0 Å². The number of pyridine rings is 1. The molecule has 0 aromatic carbocycles. The summed E-state index contributed by atoms with van der Waals surface area (Å²) in [5, 5.41) is 4.75. The van der Waals surface area contributed by atoms with Crippen LogP contribution in [-0.4, -0.2) is 34.1 Å². The minimum atomic E-state index is -3.77. The van der Waals surface area contributed by atoms with Crippen LogP contribution in [0.4, 0.5) is 0 Å². The van der Waals surface area contributed by atoms with Gasteiger partial charge in [-0.3, -0.25) is 4.98 Å². The van der Waals surface area contributed by atoms with Crippen molar-refractivity contribution in [1.29, 1.82) is 0 Å². The summed E-state index contributed by atoms with van der Waals surface area (Å²) < 4.78 is 47.2. The van der Waals surface area contributed by atoms with E-state index in [1.807, 2.05) is 0 Å². The van der Waals surface area contributed by atoms with Crippen molar-refractivity contribution in [3.8, 4) is 0 Å². The Kier molecular flexibility index (Phi) is 4.61. The molecule has 0 amide bonds. The summed E-state index contributed by atoms with van der Waals surface area (Å²) in [7, 11) is -7.46. The van der Waals surface area contributed by atoms with Gasteiger partial charge in [0.1, 0.15) is 4.90 Å². The van der Waals surface area contributed by atoms with Crippen LogP contribution in [-0.2, 0) is 20.0 Å². The van der Waals surface area contributed by atoms with Gasteiger partial charge in [-0.05, 0) is 22.0 Å². The molecule has 0 spiro atoms. The summed E-state index contributed by atoms with van der Waals surface area (Å²) in [4.78, 5) is 3.64. The van der Waals surface area contributed by atoms with Gasteiger partial charge in [0.05, 0.1) is 5.75 Å². The Labute approximate surface area is 108 Å². The Morgan fingerprint density at radius 1 is 1.29 bits per heavy atom. The standard InChI is InChI=1S/C7H10BrN3O4S2/c8-6-3-7(5-10-4-6)17(14,15)11-1-2-16(9,12)13/h3-5,11H,1-2H2,(H2,9,12,13). The maximum absolute atomic E-state index is 11.7. The van der Waals surface area contributed by atoms with Gasteiger partial charge in [0, 0.05) is 23.4 Å². The van der Waals surface area contributed by atoms with E-state index >= 15 is 0 Å².